The molecule has 1 aromatic carbocycles. The highest BCUT2D eigenvalue weighted by molar-refractivity contribution is 7.14. The quantitative estimate of drug-likeness (QED) is 0.506. The molecule has 0 saturated heterocycles. The molecule has 0 spiro atoms. The van der Waals surface area contributed by atoms with Crippen LogP contribution in [0.2, 0.25) is 0 Å². The molecule has 0 fully saturated rings. The summed E-state index contributed by atoms with van der Waals surface area (Å²) in [5.41, 5.74) is 8.23. The van der Waals surface area contributed by atoms with E-state index in [0.29, 0.717) is 4.88 Å². The molecule has 5 nitrogen and oxygen atoms in total. The Morgan fingerprint density at radius 3 is 2.66 bits per heavy atom. The van der Waals surface area contributed by atoms with E-state index in [1.165, 1.54) is 23.5 Å². The lowest BCUT2D eigenvalue weighted by Crippen LogP contribution is -2.41. The third-order valence-corrected chi connectivity index (χ3v) is 6.39. The van der Waals surface area contributed by atoms with Crippen LogP contribution in [0.4, 0.5) is 13.2 Å². The van der Waals surface area contributed by atoms with Gasteiger partial charge in [0.1, 0.15) is 0 Å². The highest BCUT2D eigenvalue weighted by Crippen LogP contribution is 2.34. The molecule has 1 atom stereocenters. The van der Waals surface area contributed by atoms with Gasteiger partial charge in [-0.1, -0.05) is 31.5 Å². The average molecular weight is 465 g/mol. The molecule has 0 aliphatic carbocycles. The Kier molecular flexibility index (Phi) is 7.40. The predicted octanol–water partition coefficient (Wildman–Crippen LogP) is 4.73. The molecule has 172 valence electrons. The van der Waals surface area contributed by atoms with Gasteiger partial charge in [0.2, 0.25) is 0 Å². The maximum Gasteiger partial charge on any atom is 0.416 e. The number of carbonyl (C=O) groups excluding carboxylic acids is 1. The van der Waals surface area contributed by atoms with Crippen LogP contribution in [0.1, 0.15) is 44.6 Å². The Balaban J connectivity index is 1.81. The van der Waals surface area contributed by atoms with Crippen LogP contribution in [0.15, 0.2) is 36.5 Å². The van der Waals surface area contributed by atoms with Crippen LogP contribution < -0.4 is 11.1 Å². The lowest BCUT2D eigenvalue weighted by Gasteiger charge is -2.19. The van der Waals surface area contributed by atoms with Crippen LogP contribution in [-0.2, 0) is 26.1 Å². The van der Waals surface area contributed by atoms with E-state index >= 15 is 0 Å². The lowest BCUT2D eigenvalue weighted by molar-refractivity contribution is -0.138. The summed E-state index contributed by atoms with van der Waals surface area (Å²) in [6.45, 7) is 4.07. The first-order valence-electron chi connectivity index (χ1n) is 10.4. The Morgan fingerprint density at radius 1 is 1.28 bits per heavy atom. The highest BCUT2D eigenvalue weighted by Gasteiger charge is 2.33. The Labute approximate surface area is 189 Å². The van der Waals surface area contributed by atoms with Crippen molar-refractivity contribution in [2.45, 2.75) is 45.3 Å². The molecule has 2 aromatic heterocycles. The van der Waals surface area contributed by atoms with Gasteiger partial charge >= 0.3 is 6.18 Å². The number of aryl methyl sites for hydroxylation is 3. The third-order valence-electron chi connectivity index (χ3n) is 5.34. The molecule has 0 aliphatic heterocycles. The van der Waals surface area contributed by atoms with Crippen molar-refractivity contribution in [2.24, 2.45) is 12.8 Å². The molecule has 3 N–H and O–H groups in total. The van der Waals surface area contributed by atoms with Crippen LogP contribution in [0.3, 0.4) is 0 Å². The molecular weight excluding hydrogens is 437 g/mol. The summed E-state index contributed by atoms with van der Waals surface area (Å²) in [5.74, 6) is -0.344. The molecule has 3 aromatic rings. The predicted molar refractivity (Wildman–Crippen MR) is 121 cm³/mol. The number of halogens is 3. The molecule has 0 saturated carbocycles. The Morgan fingerprint density at radius 2 is 2.00 bits per heavy atom. The van der Waals surface area contributed by atoms with Gasteiger partial charge in [0.05, 0.1) is 22.3 Å². The summed E-state index contributed by atoms with van der Waals surface area (Å²) in [4.78, 5) is 14.4. The van der Waals surface area contributed by atoms with Crippen molar-refractivity contribution in [2.75, 3.05) is 6.54 Å². The number of nitrogens with zero attached hydrogens (tertiary/aromatic N) is 2. The highest BCUT2D eigenvalue weighted by atomic mass is 32.1. The van der Waals surface area contributed by atoms with Gasteiger partial charge in [-0.05, 0) is 43.0 Å². The van der Waals surface area contributed by atoms with Crippen molar-refractivity contribution in [3.63, 3.8) is 0 Å². The zero-order chi connectivity index (χ0) is 23.5. The van der Waals surface area contributed by atoms with Gasteiger partial charge in [0.15, 0.2) is 0 Å². The first-order chi connectivity index (χ1) is 15.2. The molecule has 0 bridgehead atoms. The number of benzene rings is 1. The van der Waals surface area contributed by atoms with E-state index in [0.717, 1.165) is 40.6 Å². The molecule has 1 amide bonds. The number of aromatic nitrogens is 2. The van der Waals surface area contributed by atoms with Crippen LogP contribution >= 0.6 is 11.3 Å². The smallest absolute Gasteiger partial charge is 0.347 e. The van der Waals surface area contributed by atoms with Crippen molar-refractivity contribution < 1.29 is 18.0 Å². The first-order valence-corrected chi connectivity index (χ1v) is 11.2. The molecule has 32 heavy (non-hydrogen) atoms. The van der Waals surface area contributed by atoms with E-state index in [-0.39, 0.29) is 24.4 Å². The minimum atomic E-state index is -4.46. The second-order valence-electron chi connectivity index (χ2n) is 7.74. The minimum Gasteiger partial charge on any atom is -0.347 e. The SMILES string of the molecule is CCCc1cnn(C)c1-c1cc(C(=O)NC(CN)Cc2ccccc2C(F)(F)F)sc1C. The largest absolute Gasteiger partial charge is 0.416 e. The van der Waals surface area contributed by atoms with E-state index < -0.39 is 17.8 Å². The molecule has 1 unspecified atom stereocenters. The van der Waals surface area contributed by atoms with E-state index in [2.05, 4.69) is 17.3 Å². The minimum absolute atomic E-state index is 0.00246. The number of carbonyl (C=O) groups is 1. The van der Waals surface area contributed by atoms with Gasteiger partial charge in [0, 0.05) is 30.1 Å². The van der Waals surface area contributed by atoms with Gasteiger partial charge in [-0.2, -0.15) is 18.3 Å². The summed E-state index contributed by atoms with van der Waals surface area (Å²) in [6.07, 6.45) is -0.755. The molecule has 9 heteroatoms. The fourth-order valence-electron chi connectivity index (χ4n) is 3.80. The van der Waals surface area contributed by atoms with Crippen LogP contribution in [0.5, 0.6) is 0 Å². The normalized spacial score (nSPS) is 12.7. The van der Waals surface area contributed by atoms with E-state index in [1.807, 2.05) is 26.2 Å². The second-order valence-corrected chi connectivity index (χ2v) is 8.99. The van der Waals surface area contributed by atoms with E-state index in [4.69, 9.17) is 5.73 Å². The Bertz CT molecular complexity index is 1090. The number of rotatable bonds is 8. The number of amides is 1. The number of alkyl halides is 3. The van der Waals surface area contributed by atoms with Crippen molar-refractivity contribution in [1.29, 1.82) is 0 Å². The van der Waals surface area contributed by atoms with Crippen molar-refractivity contribution in [3.8, 4) is 11.3 Å². The number of hydrogen-bond donors (Lipinski definition) is 2. The van der Waals surface area contributed by atoms with E-state index in [1.54, 1.807) is 10.7 Å². The zero-order valence-electron chi connectivity index (χ0n) is 18.3. The average Bonchev–Trinajstić information content (AvgIpc) is 3.29. The molecular formula is C23H27F3N4OS. The Hall–Kier alpha value is -2.65. The summed E-state index contributed by atoms with van der Waals surface area (Å²) in [6, 6.07) is 6.57. The fraction of sp³-hybridized carbons (Fsp3) is 0.391. The van der Waals surface area contributed by atoms with Crippen LogP contribution in [0, 0.1) is 6.92 Å². The van der Waals surface area contributed by atoms with Gasteiger partial charge in [-0.3, -0.25) is 9.48 Å². The van der Waals surface area contributed by atoms with Crippen LogP contribution in [0.25, 0.3) is 11.3 Å². The zero-order valence-corrected chi connectivity index (χ0v) is 19.1. The molecule has 3 rings (SSSR count). The summed E-state index contributed by atoms with van der Waals surface area (Å²) in [7, 11) is 1.87. The standard InChI is InChI=1S/C23H27F3N4OS/c1-4-7-16-13-28-30(3)21(16)18-11-20(32-14(18)2)22(31)29-17(12-27)10-15-8-5-6-9-19(15)23(24,25)26/h5-6,8-9,11,13,17H,4,7,10,12,27H2,1-3H3,(H,29,31). The molecule has 0 radical (unpaired) electrons. The number of nitrogens with two attached hydrogens (primary N) is 1. The molecule has 2 heterocycles. The van der Waals surface area contributed by atoms with Crippen molar-refractivity contribution in [3.05, 3.63) is 63.0 Å². The van der Waals surface area contributed by atoms with Crippen molar-refractivity contribution in [1.82, 2.24) is 15.1 Å². The topological polar surface area (TPSA) is 72.9 Å². The molecule has 0 aliphatic rings. The van der Waals surface area contributed by atoms with Gasteiger partial charge < -0.3 is 11.1 Å². The van der Waals surface area contributed by atoms with Crippen LogP contribution in [-0.4, -0.2) is 28.3 Å². The maximum atomic E-state index is 13.3. The van der Waals surface area contributed by atoms with E-state index in [9.17, 15) is 18.0 Å². The lowest BCUT2D eigenvalue weighted by atomic mass is 9.99. The summed E-state index contributed by atoms with van der Waals surface area (Å²) >= 11 is 1.35. The van der Waals surface area contributed by atoms with Gasteiger partial charge in [-0.15, -0.1) is 11.3 Å². The van der Waals surface area contributed by atoms with Gasteiger partial charge in [0.25, 0.3) is 5.91 Å². The summed E-state index contributed by atoms with van der Waals surface area (Å²) < 4.78 is 41.7. The summed E-state index contributed by atoms with van der Waals surface area (Å²) in [5, 5.41) is 7.16. The first kappa shape index (κ1) is 24.0. The van der Waals surface area contributed by atoms with Gasteiger partial charge in [-0.25, -0.2) is 0 Å². The fourth-order valence-corrected chi connectivity index (χ4v) is 4.73. The number of thiophene rings is 1. The second kappa shape index (κ2) is 9.87. The number of hydrogen-bond acceptors (Lipinski definition) is 4. The monoisotopic (exact) mass is 464 g/mol. The van der Waals surface area contributed by atoms with Crippen molar-refractivity contribution >= 4 is 17.2 Å². The third kappa shape index (κ3) is 5.21. The maximum absolute atomic E-state index is 13.3. The number of nitrogens with one attached hydrogen (secondary N) is 1.